The van der Waals surface area contributed by atoms with Crippen molar-refractivity contribution < 1.29 is 9.53 Å². The lowest BCUT2D eigenvalue weighted by atomic mass is 10.3. The van der Waals surface area contributed by atoms with Crippen molar-refractivity contribution in [2.45, 2.75) is 6.54 Å². The van der Waals surface area contributed by atoms with Gasteiger partial charge in [-0.2, -0.15) is 0 Å². The van der Waals surface area contributed by atoms with Crippen LogP contribution in [0.2, 0.25) is 5.02 Å². The zero-order valence-electron chi connectivity index (χ0n) is 10.8. The van der Waals surface area contributed by atoms with Gasteiger partial charge in [-0.1, -0.05) is 17.7 Å². The molecule has 1 aromatic carbocycles. The molecule has 5 nitrogen and oxygen atoms in total. The molecule has 2 aromatic rings. The third-order valence-corrected chi connectivity index (χ3v) is 2.86. The Morgan fingerprint density at radius 1 is 1.35 bits per heavy atom. The molecule has 6 heteroatoms. The highest BCUT2D eigenvalue weighted by atomic mass is 35.5. The number of aromatic nitrogens is 1. The molecule has 0 spiro atoms. The van der Waals surface area contributed by atoms with E-state index < -0.39 is 0 Å². The first kappa shape index (κ1) is 14.1. The molecular weight excluding hydrogens is 280 g/mol. The van der Waals surface area contributed by atoms with Gasteiger partial charge in [0, 0.05) is 16.9 Å². The minimum atomic E-state index is -0.351. The highest BCUT2D eigenvalue weighted by Gasteiger charge is 2.08. The Morgan fingerprint density at radius 2 is 2.15 bits per heavy atom. The SMILES string of the molecule is COc1cccn(CC(=O)Nc2cccc(Cl)c2)c1=O. The number of rotatable bonds is 4. The molecule has 104 valence electrons. The van der Waals surface area contributed by atoms with Gasteiger partial charge in [-0.3, -0.25) is 9.59 Å². The van der Waals surface area contributed by atoms with E-state index in [1.54, 1.807) is 36.4 Å². The molecular formula is C14H13ClN2O3. The number of carbonyl (C=O) groups is 1. The Bertz CT molecular complexity index is 682. The first-order chi connectivity index (χ1) is 9.60. The van der Waals surface area contributed by atoms with E-state index in [2.05, 4.69) is 5.32 Å². The number of amides is 1. The summed E-state index contributed by atoms with van der Waals surface area (Å²) in [4.78, 5) is 23.8. The van der Waals surface area contributed by atoms with Gasteiger partial charge in [0.05, 0.1) is 7.11 Å². The standard InChI is InChI=1S/C14H13ClN2O3/c1-20-12-6-3-7-17(14(12)19)9-13(18)16-11-5-2-4-10(15)8-11/h2-8H,9H2,1H3,(H,16,18). The largest absolute Gasteiger partial charge is 0.491 e. The predicted octanol–water partition coefficient (Wildman–Crippen LogP) is 2.15. The molecule has 0 saturated heterocycles. The summed E-state index contributed by atoms with van der Waals surface area (Å²) in [5, 5.41) is 3.20. The van der Waals surface area contributed by atoms with Crippen molar-refractivity contribution in [3.63, 3.8) is 0 Å². The zero-order valence-corrected chi connectivity index (χ0v) is 11.6. The fourth-order valence-corrected chi connectivity index (χ4v) is 1.91. The lowest BCUT2D eigenvalue weighted by molar-refractivity contribution is -0.116. The fraction of sp³-hybridized carbons (Fsp3) is 0.143. The van der Waals surface area contributed by atoms with Crippen LogP contribution in [-0.2, 0) is 11.3 Å². The lowest BCUT2D eigenvalue weighted by Gasteiger charge is -2.08. The molecule has 1 amide bonds. The number of methoxy groups -OCH3 is 1. The Balaban J connectivity index is 2.11. The maximum Gasteiger partial charge on any atom is 0.293 e. The normalized spacial score (nSPS) is 10.1. The minimum absolute atomic E-state index is 0.0947. The van der Waals surface area contributed by atoms with E-state index in [0.717, 1.165) is 0 Å². The van der Waals surface area contributed by atoms with Gasteiger partial charge in [0.1, 0.15) is 6.54 Å². The summed E-state index contributed by atoms with van der Waals surface area (Å²) in [6.45, 7) is -0.0947. The van der Waals surface area contributed by atoms with Crippen LogP contribution in [0.15, 0.2) is 47.4 Å². The quantitative estimate of drug-likeness (QED) is 0.939. The number of nitrogens with zero attached hydrogens (tertiary/aromatic N) is 1. The van der Waals surface area contributed by atoms with Gasteiger partial charge in [-0.15, -0.1) is 0 Å². The number of hydrogen-bond acceptors (Lipinski definition) is 3. The Hall–Kier alpha value is -2.27. The van der Waals surface area contributed by atoms with Crippen molar-refractivity contribution in [2.75, 3.05) is 12.4 Å². The summed E-state index contributed by atoms with van der Waals surface area (Å²) in [6.07, 6.45) is 1.53. The topological polar surface area (TPSA) is 60.3 Å². The second kappa shape index (κ2) is 6.25. The molecule has 0 atom stereocenters. The van der Waals surface area contributed by atoms with E-state index in [1.807, 2.05) is 0 Å². The van der Waals surface area contributed by atoms with E-state index >= 15 is 0 Å². The van der Waals surface area contributed by atoms with Gasteiger partial charge >= 0.3 is 0 Å². The first-order valence-corrected chi connectivity index (χ1v) is 6.27. The molecule has 1 aromatic heterocycles. The number of nitrogens with one attached hydrogen (secondary N) is 1. The van der Waals surface area contributed by atoms with Gasteiger partial charge in [0.25, 0.3) is 5.56 Å². The van der Waals surface area contributed by atoms with Crippen LogP contribution in [0.25, 0.3) is 0 Å². The molecule has 0 aliphatic heterocycles. The number of pyridine rings is 1. The van der Waals surface area contributed by atoms with Crippen LogP contribution < -0.4 is 15.6 Å². The van der Waals surface area contributed by atoms with Gasteiger partial charge < -0.3 is 14.6 Å². The highest BCUT2D eigenvalue weighted by Crippen LogP contribution is 2.14. The second-order valence-electron chi connectivity index (χ2n) is 4.07. The maximum atomic E-state index is 11.9. The lowest BCUT2D eigenvalue weighted by Crippen LogP contribution is -2.27. The van der Waals surface area contributed by atoms with Crippen LogP contribution in [0.3, 0.4) is 0 Å². The van der Waals surface area contributed by atoms with E-state index in [4.69, 9.17) is 16.3 Å². The summed E-state index contributed by atoms with van der Waals surface area (Å²) in [7, 11) is 1.41. The summed E-state index contributed by atoms with van der Waals surface area (Å²) in [5.74, 6) is -0.120. The zero-order chi connectivity index (χ0) is 14.5. The van der Waals surface area contributed by atoms with E-state index in [9.17, 15) is 9.59 Å². The molecule has 0 radical (unpaired) electrons. The number of halogens is 1. The predicted molar refractivity (Wildman–Crippen MR) is 77.3 cm³/mol. The van der Waals surface area contributed by atoms with E-state index in [-0.39, 0.29) is 23.8 Å². The van der Waals surface area contributed by atoms with Gasteiger partial charge in [0.15, 0.2) is 5.75 Å². The van der Waals surface area contributed by atoms with Crippen molar-refractivity contribution in [2.24, 2.45) is 0 Å². The minimum Gasteiger partial charge on any atom is -0.491 e. The van der Waals surface area contributed by atoms with Gasteiger partial charge in [0.2, 0.25) is 5.91 Å². The van der Waals surface area contributed by atoms with Crippen LogP contribution in [-0.4, -0.2) is 17.6 Å². The Morgan fingerprint density at radius 3 is 2.85 bits per heavy atom. The maximum absolute atomic E-state index is 11.9. The van der Waals surface area contributed by atoms with Gasteiger partial charge in [-0.05, 0) is 30.3 Å². The van der Waals surface area contributed by atoms with Crippen molar-refractivity contribution in [1.82, 2.24) is 4.57 Å². The average Bonchev–Trinajstić information content (AvgIpc) is 2.41. The number of carbonyl (C=O) groups excluding carboxylic acids is 1. The van der Waals surface area contributed by atoms with Crippen LogP contribution in [0, 0.1) is 0 Å². The molecule has 1 N–H and O–H groups in total. The molecule has 1 heterocycles. The third-order valence-electron chi connectivity index (χ3n) is 2.63. The third kappa shape index (κ3) is 3.39. The van der Waals surface area contributed by atoms with Crippen molar-refractivity contribution in [3.8, 4) is 5.75 Å². The molecule has 20 heavy (non-hydrogen) atoms. The van der Waals surface area contributed by atoms with Crippen molar-refractivity contribution in [3.05, 3.63) is 58.0 Å². The summed E-state index contributed by atoms with van der Waals surface area (Å²) >= 11 is 5.83. The monoisotopic (exact) mass is 292 g/mol. The Labute approximate surface area is 120 Å². The molecule has 0 bridgehead atoms. The Kier molecular flexibility index (Phi) is 4.42. The number of benzene rings is 1. The van der Waals surface area contributed by atoms with E-state index in [0.29, 0.717) is 10.7 Å². The summed E-state index contributed by atoms with van der Waals surface area (Å²) < 4.78 is 6.20. The highest BCUT2D eigenvalue weighted by molar-refractivity contribution is 6.30. The first-order valence-electron chi connectivity index (χ1n) is 5.89. The summed E-state index contributed by atoms with van der Waals surface area (Å²) in [6, 6.07) is 9.99. The van der Waals surface area contributed by atoms with Crippen LogP contribution in [0.4, 0.5) is 5.69 Å². The molecule has 0 fully saturated rings. The number of hydrogen-bond donors (Lipinski definition) is 1. The van der Waals surface area contributed by atoms with Crippen LogP contribution in [0.5, 0.6) is 5.75 Å². The molecule has 0 aliphatic rings. The molecule has 0 saturated carbocycles. The molecule has 0 aliphatic carbocycles. The van der Waals surface area contributed by atoms with E-state index in [1.165, 1.54) is 17.9 Å². The molecule has 2 rings (SSSR count). The van der Waals surface area contributed by atoms with Crippen molar-refractivity contribution in [1.29, 1.82) is 0 Å². The molecule has 0 unspecified atom stereocenters. The van der Waals surface area contributed by atoms with Crippen LogP contribution in [0.1, 0.15) is 0 Å². The summed E-state index contributed by atoms with van der Waals surface area (Å²) in [5.41, 5.74) is 0.231. The second-order valence-corrected chi connectivity index (χ2v) is 4.50. The number of anilines is 1. The van der Waals surface area contributed by atoms with Crippen molar-refractivity contribution >= 4 is 23.2 Å². The number of ether oxygens (including phenoxy) is 1. The van der Waals surface area contributed by atoms with Gasteiger partial charge in [-0.25, -0.2) is 0 Å². The average molecular weight is 293 g/mol. The smallest absolute Gasteiger partial charge is 0.293 e. The van der Waals surface area contributed by atoms with Crippen LogP contribution >= 0.6 is 11.6 Å². The fourth-order valence-electron chi connectivity index (χ4n) is 1.72.